The van der Waals surface area contributed by atoms with E-state index in [1.165, 1.54) is 6.34 Å². The Morgan fingerprint density at radius 3 is 2.83 bits per heavy atom. The normalized spacial score (nSPS) is 14.7. The number of nitrogens with one attached hydrogen (secondary N) is 1. The number of hydrogen-bond acceptors (Lipinski definition) is 4. The van der Waals surface area contributed by atoms with Gasteiger partial charge < -0.3 is 0 Å². The maximum Gasteiger partial charge on any atom is 0.149 e. The molecule has 30 valence electrons. The average Bonchev–Trinajstić information content (AvgIpc) is 1.72. The first-order valence-electron chi connectivity index (χ1n) is 1.41. The van der Waals surface area contributed by atoms with Crippen LogP contribution in [0.5, 0.6) is 0 Å². The lowest BCUT2D eigenvalue weighted by Gasteiger charge is -1.82. The van der Waals surface area contributed by atoms with E-state index in [4.69, 9.17) is 0 Å². The topological polar surface area (TPSA) is 49.1 Å². The highest BCUT2D eigenvalue weighted by molar-refractivity contribution is 5.66. The molecule has 0 saturated heterocycles. The summed E-state index contributed by atoms with van der Waals surface area (Å²) in [4.78, 5) is 3.41. The first kappa shape index (κ1) is 3.06. The van der Waals surface area contributed by atoms with Gasteiger partial charge in [-0.05, 0) is 0 Å². The molecule has 0 aromatic heterocycles. The van der Waals surface area contributed by atoms with Gasteiger partial charge in [-0.2, -0.15) is 10.5 Å². The summed E-state index contributed by atoms with van der Waals surface area (Å²) in [5, 5.41) is 6.72. The molecule has 0 aliphatic carbocycles. The van der Waals surface area contributed by atoms with E-state index in [9.17, 15) is 0 Å². The number of rotatable bonds is 0. The molecule has 4 heteroatoms. The summed E-state index contributed by atoms with van der Waals surface area (Å²) in [5.41, 5.74) is 2.27. The van der Waals surface area contributed by atoms with Crippen molar-refractivity contribution in [3.63, 3.8) is 0 Å². The molecule has 0 unspecified atom stereocenters. The highest BCUT2D eigenvalue weighted by Gasteiger charge is 1.66. The van der Waals surface area contributed by atoms with E-state index in [0.29, 0.717) is 0 Å². The molecule has 0 aromatic rings. The number of hydrogen-bond donors (Lipinski definition) is 1. The molecule has 0 amide bonds. The number of aliphatic imine (C=N–C) groups is 1. The number of nitrogens with zero attached hydrogens (tertiary/aromatic N) is 3. The SMILES string of the molecule is C1=NC=NNN=1. The van der Waals surface area contributed by atoms with Crippen molar-refractivity contribution in [3.8, 4) is 0 Å². The third-order valence-corrected chi connectivity index (χ3v) is 0.331. The summed E-state index contributed by atoms with van der Waals surface area (Å²) in [7, 11) is 0. The number of hydrazone groups is 2. The van der Waals surface area contributed by atoms with Crippen LogP contribution in [0.3, 0.4) is 0 Å². The van der Waals surface area contributed by atoms with E-state index in [0.717, 1.165) is 0 Å². The molecule has 1 aliphatic rings. The predicted octanol–water partition coefficient (Wildman–Crippen LogP) is -0.378. The van der Waals surface area contributed by atoms with Gasteiger partial charge in [0.25, 0.3) is 0 Å². The van der Waals surface area contributed by atoms with Crippen LogP contribution in [-0.2, 0) is 0 Å². The van der Waals surface area contributed by atoms with Crippen LogP contribution >= 0.6 is 0 Å². The lowest BCUT2D eigenvalue weighted by atomic mass is 11.2. The van der Waals surface area contributed by atoms with Crippen molar-refractivity contribution in [2.24, 2.45) is 15.2 Å². The summed E-state index contributed by atoms with van der Waals surface area (Å²) < 4.78 is 0. The zero-order chi connectivity index (χ0) is 4.24. The third-order valence-electron chi connectivity index (χ3n) is 0.331. The highest BCUT2D eigenvalue weighted by Crippen LogP contribution is 1.62. The minimum absolute atomic E-state index is 1.33. The Morgan fingerprint density at radius 1 is 1.67 bits per heavy atom. The summed E-state index contributed by atoms with van der Waals surface area (Å²) in [6.07, 6.45) is 1.33. The Bertz CT molecular complexity index is 118. The van der Waals surface area contributed by atoms with Gasteiger partial charge in [0.2, 0.25) is 0 Å². The third kappa shape index (κ3) is 0.415. The maximum absolute atomic E-state index is 3.41. The second kappa shape index (κ2) is 1.33. The molecule has 0 fully saturated rings. The van der Waals surface area contributed by atoms with Crippen LogP contribution in [0.4, 0.5) is 0 Å². The molecular formula is C2H2N4. The van der Waals surface area contributed by atoms with Gasteiger partial charge in [-0.3, -0.25) is 0 Å². The Morgan fingerprint density at radius 2 is 2.67 bits per heavy atom. The van der Waals surface area contributed by atoms with Gasteiger partial charge in [0.1, 0.15) is 12.3 Å². The Kier molecular flexibility index (Phi) is 0.677. The van der Waals surface area contributed by atoms with Gasteiger partial charge in [-0.25, -0.2) is 0 Å². The van der Waals surface area contributed by atoms with Crippen LogP contribution < -0.4 is 5.53 Å². The molecule has 0 atom stereocenters. The Hall–Kier alpha value is -1.15. The molecule has 0 aromatic carbocycles. The summed E-state index contributed by atoms with van der Waals surface area (Å²) in [5.74, 6) is 0. The van der Waals surface area contributed by atoms with Crippen LogP contribution in [0.25, 0.3) is 0 Å². The monoisotopic (exact) mass is 82.0 g/mol. The molecule has 0 spiro atoms. The fraction of sp³-hybridized carbons (Fsp3) is 0. The van der Waals surface area contributed by atoms with Gasteiger partial charge in [0, 0.05) is 0 Å². The fourth-order valence-electron chi connectivity index (χ4n) is 0.161. The van der Waals surface area contributed by atoms with Crippen LogP contribution in [0.1, 0.15) is 0 Å². The molecule has 1 aliphatic heterocycles. The minimum Gasteiger partial charge on any atom is -0.187 e. The molecule has 0 bridgehead atoms. The van der Waals surface area contributed by atoms with Crippen LogP contribution in [-0.4, -0.2) is 12.3 Å². The first-order valence-corrected chi connectivity index (χ1v) is 1.41. The van der Waals surface area contributed by atoms with Gasteiger partial charge in [0.15, 0.2) is 0 Å². The van der Waals surface area contributed by atoms with E-state index in [1.54, 1.807) is 0 Å². The second-order valence-corrected chi connectivity index (χ2v) is 0.685. The molecule has 6 heavy (non-hydrogen) atoms. The first-order chi connectivity index (χ1) is 3.00. The largest absolute Gasteiger partial charge is 0.187 e. The zero-order valence-corrected chi connectivity index (χ0v) is 2.92. The molecule has 1 N–H and O–H groups in total. The van der Waals surface area contributed by atoms with E-state index in [2.05, 4.69) is 26.7 Å². The molecule has 4 nitrogen and oxygen atoms in total. The van der Waals surface area contributed by atoms with Gasteiger partial charge >= 0.3 is 0 Å². The van der Waals surface area contributed by atoms with E-state index in [1.807, 2.05) is 0 Å². The van der Waals surface area contributed by atoms with Crippen molar-refractivity contribution in [1.82, 2.24) is 5.53 Å². The predicted molar refractivity (Wildman–Crippen MR) is 21.5 cm³/mol. The van der Waals surface area contributed by atoms with E-state index in [-0.39, 0.29) is 0 Å². The second-order valence-electron chi connectivity index (χ2n) is 0.685. The molecule has 0 saturated carbocycles. The molecular weight excluding hydrogens is 80.0 g/mol. The molecule has 0 radical (unpaired) electrons. The standard InChI is InChI=1S/C2H2N4/c1-3-2-5-6-4-1/h1,6H. The average molecular weight is 82.1 g/mol. The van der Waals surface area contributed by atoms with Gasteiger partial charge in [-0.15, -0.1) is 5.10 Å². The minimum atomic E-state index is 1.33. The lowest BCUT2D eigenvalue weighted by Crippen LogP contribution is -1.95. The maximum atomic E-state index is 3.41. The van der Waals surface area contributed by atoms with Crippen molar-refractivity contribution < 1.29 is 0 Å². The van der Waals surface area contributed by atoms with Crippen molar-refractivity contribution >= 4 is 12.3 Å². The summed E-state index contributed by atoms with van der Waals surface area (Å²) in [6, 6.07) is 2.27. The van der Waals surface area contributed by atoms with E-state index >= 15 is 0 Å². The van der Waals surface area contributed by atoms with Crippen LogP contribution in [0.2, 0.25) is 0 Å². The highest BCUT2D eigenvalue weighted by atomic mass is 15.5. The Labute approximate surface area is 34.3 Å². The van der Waals surface area contributed by atoms with Crippen molar-refractivity contribution in [3.05, 3.63) is 0 Å². The van der Waals surface area contributed by atoms with Crippen LogP contribution in [0.15, 0.2) is 15.2 Å². The molecule has 1 rings (SSSR count). The summed E-state index contributed by atoms with van der Waals surface area (Å²) >= 11 is 0. The fourth-order valence-corrected chi connectivity index (χ4v) is 0.161. The van der Waals surface area contributed by atoms with Gasteiger partial charge in [0.05, 0.1) is 0 Å². The smallest absolute Gasteiger partial charge is 0.149 e. The van der Waals surface area contributed by atoms with Crippen molar-refractivity contribution in [1.29, 1.82) is 0 Å². The zero-order valence-electron chi connectivity index (χ0n) is 2.92. The van der Waals surface area contributed by atoms with Crippen LogP contribution in [0, 0.1) is 0 Å². The van der Waals surface area contributed by atoms with Crippen molar-refractivity contribution in [2.75, 3.05) is 0 Å². The molecule has 1 heterocycles. The lowest BCUT2D eigenvalue weighted by molar-refractivity contribution is 0.810. The van der Waals surface area contributed by atoms with Gasteiger partial charge in [-0.1, -0.05) is 5.10 Å². The quantitative estimate of drug-likeness (QED) is 0.425. The van der Waals surface area contributed by atoms with Crippen molar-refractivity contribution in [2.45, 2.75) is 0 Å². The van der Waals surface area contributed by atoms with E-state index < -0.39 is 0 Å². The summed E-state index contributed by atoms with van der Waals surface area (Å²) in [6.45, 7) is 0. The Balaban J connectivity index is 2.78.